The highest BCUT2D eigenvalue weighted by Crippen LogP contribution is 2.20. The quantitative estimate of drug-likeness (QED) is 0.620. The summed E-state index contributed by atoms with van der Waals surface area (Å²) in [5, 5.41) is 7.35. The molecular formula is C22H34N4O2. The number of carbonyl (C=O) groups is 1. The van der Waals surface area contributed by atoms with Crippen molar-refractivity contribution in [3.05, 3.63) is 36.0 Å². The van der Waals surface area contributed by atoms with Gasteiger partial charge in [0.15, 0.2) is 0 Å². The summed E-state index contributed by atoms with van der Waals surface area (Å²) in [5.41, 5.74) is 2.37. The molecule has 0 aliphatic carbocycles. The molecule has 1 aliphatic heterocycles. The van der Waals surface area contributed by atoms with Gasteiger partial charge in [-0.15, -0.1) is 0 Å². The predicted molar refractivity (Wildman–Crippen MR) is 114 cm³/mol. The van der Waals surface area contributed by atoms with E-state index in [-0.39, 0.29) is 6.03 Å². The number of para-hydroxylation sites is 1. The van der Waals surface area contributed by atoms with Crippen molar-refractivity contribution >= 4 is 16.9 Å². The summed E-state index contributed by atoms with van der Waals surface area (Å²) in [4.78, 5) is 18.1. The average Bonchev–Trinajstić information content (AvgIpc) is 3.15. The fourth-order valence-electron chi connectivity index (χ4n) is 4.24. The molecule has 2 heterocycles. The molecule has 6 heteroatoms. The van der Waals surface area contributed by atoms with E-state index in [0.29, 0.717) is 25.0 Å². The fourth-order valence-corrected chi connectivity index (χ4v) is 4.24. The van der Waals surface area contributed by atoms with Gasteiger partial charge in [-0.25, -0.2) is 4.79 Å². The number of carbonyl (C=O) groups excluding carboxylic acids is 1. The molecule has 1 atom stereocenters. The number of fused-ring (bicyclic) bond motifs is 1. The van der Waals surface area contributed by atoms with Crippen molar-refractivity contribution in [3.63, 3.8) is 0 Å². The summed E-state index contributed by atoms with van der Waals surface area (Å²) in [7, 11) is 0. The zero-order valence-electron chi connectivity index (χ0n) is 17.2. The van der Waals surface area contributed by atoms with Crippen molar-refractivity contribution in [1.82, 2.24) is 20.5 Å². The third kappa shape index (κ3) is 5.26. The first-order valence-corrected chi connectivity index (χ1v) is 10.6. The van der Waals surface area contributed by atoms with Crippen molar-refractivity contribution < 1.29 is 9.53 Å². The largest absolute Gasteiger partial charge is 0.379 e. The van der Waals surface area contributed by atoms with E-state index in [1.165, 1.54) is 10.9 Å². The minimum atomic E-state index is -0.0796. The highest BCUT2D eigenvalue weighted by atomic mass is 16.5. The van der Waals surface area contributed by atoms with E-state index in [1.807, 2.05) is 18.3 Å². The van der Waals surface area contributed by atoms with Crippen molar-refractivity contribution in [3.8, 4) is 0 Å². The van der Waals surface area contributed by atoms with Crippen molar-refractivity contribution in [2.75, 3.05) is 39.4 Å². The second-order valence-corrected chi connectivity index (χ2v) is 7.54. The van der Waals surface area contributed by atoms with Crippen molar-refractivity contribution in [2.24, 2.45) is 5.92 Å². The monoisotopic (exact) mass is 386 g/mol. The number of nitrogens with one attached hydrogen (secondary N) is 3. The van der Waals surface area contributed by atoms with Gasteiger partial charge in [-0.3, -0.25) is 4.90 Å². The molecule has 0 unspecified atom stereocenters. The Hall–Kier alpha value is -2.05. The molecule has 3 rings (SSSR count). The zero-order chi connectivity index (χ0) is 19.8. The maximum atomic E-state index is 12.3. The molecule has 0 saturated carbocycles. The smallest absolute Gasteiger partial charge is 0.314 e. The van der Waals surface area contributed by atoms with Crippen molar-refractivity contribution in [2.45, 2.75) is 39.2 Å². The molecule has 154 valence electrons. The van der Waals surface area contributed by atoms with E-state index in [1.54, 1.807) is 0 Å². The number of hydrogen-bond donors (Lipinski definition) is 3. The summed E-state index contributed by atoms with van der Waals surface area (Å²) in [6.45, 7) is 9.26. The maximum Gasteiger partial charge on any atom is 0.314 e. The molecule has 1 aromatic heterocycles. The van der Waals surface area contributed by atoms with Gasteiger partial charge in [-0.2, -0.15) is 0 Å². The molecule has 1 fully saturated rings. The van der Waals surface area contributed by atoms with E-state index >= 15 is 0 Å². The first-order valence-electron chi connectivity index (χ1n) is 10.6. The molecule has 2 aromatic rings. The number of ether oxygens (including phenoxy) is 1. The lowest BCUT2D eigenvalue weighted by Gasteiger charge is -2.38. The van der Waals surface area contributed by atoms with Crippen LogP contribution >= 0.6 is 0 Å². The Balaban J connectivity index is 1.47. The molecule has 1 saturated heterocycles. The molecule has 2 amide bonds. The number of benzene rings is 1. The number of nitrogens with zero attached hydrogens (tertiary/aromatic N) is 1. The number of aromatic amines is 1. The highest BCUT2D eigenvalue weighted by Gasteiger charge is 2.27. The number of morpholine rings is 1. The molecule has 0 bridgehead atoms. The van der Waals surface area contributed by atoms with Crippen LogP contribution in [-0.4, -0.2) is 61.3 Å². The second kappa shape index (κ2) is 10.5. The zero-order valence-corrected chi connectivity index (χ0v) is 17.2. The molecule has 3 N–H and O–H groups in total. The number of H-pyrrole nitrogens is 1. The van der Waals surface area contributed by atoms with Gasteiger partial charge in [-0.05, 0) is 24.0 Å². The van der Waals surface area contributed by atoms with E-state index in [2.05, 4.69) is 46.5 Å². The lowest BCUT2D eigenvalue weighted by atomic mass is 9.92. The summed E-state index contributed by atoms with van der Waals surface area (Å²) in [6, 6.07) is 8.55. The number of rotatable bonds is 9. The van der Waals surface area contributed by atoms with Gasteiger partial charge >= 0.3 is 6.03 Å². The van der Waals surface area contributed by atoms with Crippen LogP contribution in [0.1, 0.15) is 32.3 Å². The van der Waals surface area contributed by atoms with Crippen LogP contribution in [0.5, 0.6) is 0 Å². The predicted octanol–water partition coefficient (Wildman–Crippen LogP) is 3.15. The van der Waals surface area contributed by atoms with Crippen LogP contribution in [0.3, 0.4) is 0 Å². The highest BCUT2D eigenvalue weighted by molar-refractivity contribution is 5.83. The van der Waals surface area contributed by atoms with Crippen LogP contribution in [-0.2, 0) is 11.2 Å². The minimum absolute atomic E-state index is 0.0796. The van der Waals surface area contributed by atoms with Crippen LogP contribution in [0.4, 0.5) is 4.79 Å². The molecule has 28 heavy (non-hydrogen) atoms. The summed E-state index contributed by atoms with van der Waals surface area (Å²) in [5.74, 6) is 0.588. The van der Waals surface area contributed by atoms with Crippen molar-refractivity contribution in [1.29, 1.82) is 0 Å². The Labute approximate surface area is 168 Å². The van der Waals surface area contributed by atoms with Crippen LogP contribution in [0.15, 0.2) is 30.5 Å². The minimum Gasteiger partial charge on any atom is -0.379 e. The Kier molecular flexibility index (Phi) is 7.74. The maximum absolute atomic E-state index is 12.3. The summed E-state index contributed by atoms with van der Waals surface area (Å²) in [6.07, 6.45) is 5.10. The Bertz CT molecular complexity index is 735. The average molecular weight is 387 g/mol. The fraction of sp³-hybridized carbons (Fsp3) is 0.591. The Morgan fingerprint density at radius 2 is 1.93 bits per heavy atom. The summed E-state index contributed by atoms with van der Waals surface area (Å²) >= 11 is 0. The van der Waals surface area contributed by atoms with Crippen LogP contribution in [0.2, 0.25) is 0 Å². The van der Waals surface area contributed by atoms with Gasteiger partial charge < -0.3 is 20.4 Å². The Morgan fingerprint density at radius 3 is 2.68 bits per heavy atom. The van der Waals surface area contributed by atoms with Crippen LogP contribution < -0.4 is 10.6 Å². The van der Waals surface area contributed by atoms with E-state index in [9.17, 15) is 4.79 Å². The van der Waals surface area contributed by atoms with Gasteiger partial charge in [0, 0.05) is 49.3 Å². The van der Waals surface area contributed by atoms with Gasteiger partial charge in [0.1, 0.15) is 0 Å². The third-order valence-electron chi connectivity index (χ3n) is 5.93. The second-order valence-electron chi connectivity index (χ2n) is 7.54. The SMILES string of the molecule is CCC(CC)[C@@H](CNC(=O)NCCc1c[nH]c2ccccc12)N1CCOCC1. The van der Waals surface area contributed by atoms with E-state index in [4.69, 9.17) is 4.74 Å². The standard InChI is InChI=1S/C22H34N4O2/c1-3-17(4-2)21(26-11-13-28-14-12-26)16-25-22(27)23-10-9-18-15-24-20-8-6-5-7-19(18)20/h5-8,15,17,21,24H,3-4,9-14,16H2,1-2H3,(H2,23,25,27)/t21-/m1/s1. The Morgan fingerprint density at radius 1 is 1.18 bits per heavy atom. The number of hydrogen-bond acceptors (Lipinski definition) is 3. The van der Waals surface area contributed by atoms with Gasteiger partial charge in [-0.1, -0.05) is 44.9 Å². The number of amides is 2. The first-order chi connectivity index (χ1) is 13.7. The molecule has 0 spiro atoms. The van der Waals surface area contributed by atoms with E-state index < -0.39 is 0 Å². The topological polar surface area (TPSA) is 69.4 Å². The summed E-state index contributed by atoms with van der Waals surface area (Å²) < 4.78 is 5.50. The molecule has 1 aromatic carbocycles. The van der Waals surface area contributed by atoms with Gasteiger partial charge in [0.2, 0.25) is 0 Å². The molecule has 1 aliphatic rings. The molecule has 0 radical (unpaired) electrons. The number of aromatic nitrogens is 1. The number of urea groups is 1. The lowest BCUT2D eigenvalue weighted by molar-refractivity contribution is 0.00238. The normalized spacial score (nSPS) is 16.4. The van der Waals surface area contributed by atoms with Gasteiger partial charge in [0.05, 0.1) is 13.2 Å². The molecular weight excluding hydrogens is 352 g/mol. The van der Waals surface area contributed by atoms with Crippen LogP contribution in [0, 0.1) is 5.92 Å². The third-order valence-corrected chi connectivity index (χ3v) is 5.93. The molecule has 6 nitrogen and oxygen atoms in total. The van der Waals surface area contributed by atoms with Crippen LogP contribution in [0.25, 0.3) is 10.9 Å². The van der Waals surface area contributed by atoms with E-state index in [0.717, 1.165) is 51.1 Å². The lowest BCUT2D eigenvalue weighted by Crippen LogP contribution is -2.53. The van der Waals surface area contributed by atoms with Gasteiger partial charge in [0.25, 0.3) is 0 Å². The first kappa shape index (κ1) is 20.7.